The summed E-state index contributed by atoms with van der Waals surface area (Å²) in [6.07, 6.45) is 0. The number of benzene rings is 1. The minimum absolute atomic E-state index is 0.0475. The summed E-state index contributed by atoms with van der Waals surface area (Å²) in [5, 5.41) is 2.89. The molecule has 94 valence electrons. The fraction of sp³-hybridized carbons (Fsp3) is 0.462. The zero-order chi connectivity index (χ0) is 12.8. The molecule has 0 aliphatic rings. The lowest BCUT2D eigenvalue weighted by Crippen LogP contribution is -2.29. The summed E-state index contributed by atoms with van der Waals surface area (Å²) in [6.45, 7) is 5.30. The van der Waals surface area contributed by atoms with Crippen molar-refractivity contribution in [3.63, 3.8) is 0 Å². The number of hydrogen-bond acceptors (Lipinski definition) is 2. The molecule has 0 fully saturated rings. The van der Waals surface area contributed by atoms with Gasteiger partial charge in [-0.1, -0.05) is 28.9 Å². The summed E-state index contributed by atoms with van der Waals surface area (Å²) in [5.74, 6) is 0.270. The number of halogens is 1. The van der Waals surface area contributed by atoms with Crippen LogP contribution in [0.15, 0.2) is 22.7 Å². The predicted octanol–water partition coefficient (Wildman–Crippen LogP) is 2.77. The summed E-state index contributed by atoms with van der Waals surface area (Å²) < 4.78 is 5.97. The van der Waals surface area contributed by atoms with Gasteiger partial charge in [0.05, 0.1) is 6.61 Å². The van der Waals surface area contributed by atoms with Crippen LogP contribution >= 0.6 is 15.9 Å². The van der Waals surface area contributed by atoms with Crippen LogP contribution in [0.4, 0.5) is 0 Å². The van der Waals surface area contributed by atoms with Gasteiger partial charge in [-0.3, -0.25) is 4.79 Å². The van der Waals surface area contributed by atoms with Crippen LogP contribution in [0, 0.1) is 12.8 Å². The lowest BCUT2D eigenvalue weighted by Gasteiger charge is -2.11. The average Bonchev–Trinajstić information content (AvgIpc) is 2.30. The third-order valence-electron chi connectivity index (χ3n) is 2.50. The van der Waals surface area contributed by atoms with Gasteiger partial charge in [-0.25, -0.2) is 0 Å². The van der Waals surface area contributed by atoms with Crippen molar-refractivity contribution < 1.29 is 9.53 Å². The number of rotatable bonds is 5. The molecule has 0 radical (unpaired) electrons. The van der Waals surface area contributed by atoms with Gasteiger partial charge in [-0.15, -0.1) is 0 Å². The molecule has 17 heavy (non-hydrogen) atoms. The molecule has 0 spiro atoms. The van der Waals surface area contributed by atoms with E-state index in [1.54, 1.807) is 7.11 Å². The zero-order valence-electron chi connectivity index (χ0n) is 10.4. The highest BCUT2D eigenvalue weighted by atomic mass is 79.9. The molecule has 0 saturated heterocycles. The maximum absolute atomic E-state index is 11.8. The first-order chi connectivity index (χ1) is 8.04. The Morgan fingerprint density at radius 3 is 2.82 bits per heavy atom. The van der Waals surface area contributed by atoms with Crippen LogP contribution < -0.4 is 5.32 Å². The fourth-order valence-electron chi connectivity index (χ4n) is 1.45. The van der Waals surface area contributed by atoms with Crippen molar-refractivity contribution in [3.8, 4) is 0 Å². The molecule has 0 saturated carbocycles. The van der Waals surface area contributed by atoms with Crippen molar-refractivity contribution in [1.82, 2.24) is 5.32 Å². The van der Waals surface area contributed by atoms with Gasteiger partial charge in [-0.2, -0.15) is 0 Å². The van der Waals surface area contributed by atoms with Gasteiger partial charge in [0, 0.05) is 23.7 Å². The number of nitrogens with one attached hydrogen (secondary N) is 1. The number of ether oxygens (including phenoxy) is 1. The summed E-state index contributed by atoms with van der Waals surface area (Å²) in [6, 6.07) is 5.60. The van der Waals surface area contributed by atoms with Gasteiger partial charge in [0.15, 0.2) is 0 Å². The molecule has 4 heteroatoms. The van der Waals surface area contributed by atoms with E-state index in [9.17, 15) is 4.79 Å². The van der Waals surface area contributed by atoms with Crippen LogP contribution in [-0.2, 0) is 4.74 Å². The van der Waals surface area contributed by atoms with Crippen molar-refractivity contribution in [3.05, 3.63) is 33.8 Å². The fourth-order valence-corrected chi connectivity index (χ4v) is 1.83. The number of carbonyl (C=O) groups is 1. The monoisotopic (exact) mass is 299 g/mol. The molecule has 1 unspecified atom stereocenters. The maximum Gasteiger partial charge on any atom is 0.251 e. The van der Waals surface area contributed by atoms with Crippen LogP contribution in [0.1, 0.15) is 22.8 Å². The molecule has 1 atom stereocenters. The smallest absolute Gasteiger partial charge is 0.251 e. The Hall–Kier alpha value is -0.870. The average molecular weight is 300 g/mol. The Balaban J connectivity index is 2.55. The van der Waals surface area contributed by atoms with E-state index in [0.29, 0.717) is 24.6 Å². The topological polar surface area (TPSA) is 38.3 Å². The van der Waals surface area contributed by atoms with Crippen molar-refractivity contribution in [1.29, 1.82) is 0 Å². The van der Waals surface area contributed by atoms with Crippen molar-refractivity contribution in [2.75, 3.05) is 20.3 Å². The lowest BCUT2D eigenvalue weighted by molar-refractivity contribution is 0.0934. The second-order valence-electron chi connectivity index (χ2n) is 4.23. The Morgan fingerprint density at radius 1 is 1.53 bits per heavy atom. The molecule has 0 aliphatic heterocycles. The molecule has 0 bridgehead atoms. The predicted molar refractivity (Wildman–Crippen MR) is 72.3 cm³/mol. The lowest BCUT2D eigenvalue weighted by atomic mass is 10.1. The van der Waals surface area contributed by atoms with Gasteiger partial charge in [-0.05, 0) is 30.5 Å². The highest BCUT2D eigenvalue weighted by Crippen LogP contribution is 2.17. The van der Waals surface area contributed by atoms with Gasteiger partial charge >= 0.3 is 0 Å². The minimum atomic E-state index is -0.0475. The number of hydrogen-bond donors (Lipinski definition) is 1. The highest BCUT2D eigenvalue weighted by molar-refractivity contribution is 9.10. The maximum atomic E-state index is 11.8. The Morgan fingerprint density at radius 2 is 2.24 bits per heavy atom. The quantitative estimate of drug-likeness (QED) is 0.908. The summed E-state index contributed by atoms with van der Waals surface area (Å²) in [7, 11) is 1.66. The van der Waals surface area contributed by atoms with E-state index >= 15 is 0 Å². The Bertz CT molecular complexity index is 393. The number of amides is 1. The normalized spacial score (nSPS) is 12.2. The van der Waals surface area contributed by atoms with Crippen LogP contribution in [0.25, 0.3) is 0 Å². The molecule has 0 aliphatic carbocycles. The van der Waals surface area contributed by atoms with Gasteiger partial charge < -0.3 is 10.1 Å². The van der Waals surface area contributed by atoms with E-state index in [-0.39, 0.29) is 5.91 Å². The van der Waals surface area contributed by atoms with Gasteiger partial charge in [0.1, 0.15) is 0 Å². The van der Waals surface area contributed by atoms with Crippen molar-refractivity contribution >= 4 is 21.8 Å². The summed E-state index contributed by atoms with van der Waals surface area (Å²) >= 11 is 3.42. The molecule has 1 rings (SSSR count). The molecule has 1 aromatic carbocycles. The second-order valence-corrected chi connectivity index (χ2v) is 5.09. The third kappa shape index (κ3) is 4.48. The van der Waals surface area contributed by atoms with E-state index in [2.05, 4.69) is 21.2 Å². The van der Waals surface area contributed by atoms with Crippen molar-refractivity contribution in [2.24, 2.45) is 5.92 Å². The first-order valence-electron chi connectivity index (χ1n) is 5.58. The molecule has 3 nitrogen and oxygen atoms in total. The second kappa shape index (κ2) is 6.77. The van der Waals surface area contributed by atoms with E-state index < -0.39 is 0 Å². The first kappa shape index (κ1) is 14.2. The van der Waals surface area contributed by atoms with E-state index in [1.807, 2.05) is 32.0 Å². The molecular weight excluding hydrogens is 282 g/mol. The highest BCUT2D eigenvalue weighted by Gasteiger charge is 2.08. The zero-order valence-corrected chi connectivity index (χ0v) is 12.0. The molecule has 0 aromatic heterocycles. The van der Waals surface area contributed by atoms with Gasteiger partial charge in [0.2, 0.25) is 0 Å². The number of aryl methyl sites for hydroxylation is 1. The Labute approximate surface area is 111 Å². The summed E-state index contributed by atoms with van der Waals surface area (Å²) in [5.41, 5.74) is 1.79. The van der Waals surface area contributed by atoms with Gasteiger partial charge in [0.25, 0.3) is 5.91 Å². The number of methoxy groups -OCH3 is 1. The summed E-state index contributed by atoms with van der Waals surface area (Å²) in [4.78, 5) is 11.8. The molecule has 1 aromatic rings. The van der Waals surface area contributed by atoms with Crippen molar-refractivity contribution in [2.45, 2.75) is 13.8 Å². The number of carbonyl (C=O) groups excluding carboxylic acids is 1. The largest absolute Gasteiger partial charge is 0.384 e. The third-order valence-corrected chi connectivity index (χ3v) is 3.35. The van der Waals surface area contributed by atoms with E-state index in [1.165, 1.54) is 0 Å². The van der Waals surface area contributed by atoms with Crippen LogP contribution in [-0.4, -0.2) is 26.2 Å². The Kier molecular flexibility index (Phi) is 5.65. The molecule has 1 amide bonds. The first-order valence-corrected chi connectivity index (χ1v) is 6.37. The van der Waals surface area contributed by atoms with E-state index in [4.69, 9.17) is 4.74 Å². The van der Waals surface area contributed by atoms with E-state index in [0.717, 1.165) is 10.0 Å². The molecule has 1 N–H and O–H groups in total. The van der Waals surface area contributed by atoms with Crippen LogP contribution in [0.5, 0.6) is 0 Å². The van der Waals surface area contributed by atoms with Crippen LogP contribution in [0.2, 0.25) is 0 Å². The SMILES string of the molecule is COCC(C)CNC(=O)c1ccc(C)c(Br)c1. The molecular formula is C13H18BrNO2. The van der Waals surface area contributed by atoms with Crippen LogP contribution in [0.3, 0.4) is 0 Å². The molecule has 0 heterocycles. The minimum Gasteiger partial charge on any atom is -0.384 e. The standard InChI is InChI=1S/C13H18BrNO2/c1-9(8-17-3)7-15-13(16)11-5-4-10(2)12(14)6-11/h4-6,9H,7-8H2,1-3H3,(H,15,16).